The Morgan fingerprint density at radius 3 is 3.06 bits per heavy atom. The minimum atomic E-state index is 0.699. The van der Waals surface area contributed by atoms with E-state index in [1.54, 1.807) is 6.20 Å². The third kappa shape index (κ3) is 4.66. The lowest BCUT2D eigenvalue weighted by atomic mass is 10.3. The second-order valence-electron chi connectivity index (χ2n) is 3.27. The summed E-state index contributed by atoms with van der Waals surface area (Å²) in [6.45, 7) is 6.94. The van der Waals surface area contributed by atoms with E-state index in [1.165, 1.54) is 0 Å². The van der Waals surface area contributed by atoms with Crippen molar-refractivity contribution in [3.05, 3.63) is 54.0 Å². The highest BCUT2D eigenvalue weighted by Crippen LogP contribution is 1.96. The summed E-state index contributed by atoms with van der Waals surface area (Å²) >= 11 is 0. The van der Waals surface area contributed by atoms with Crippen LogP contribution >= 0.6 is 0 Å². The number of nitrogens with zero attached hydrogens (tertiary/aromatic N) is 2. The maximum atomic E-state index is 4.22. The van der Waals surface area contributed by atoms with Gasteiger partial charge in [-0.1, -0.05) is 18.2 Å². The smallest absolute Gasteiger partial charge is 0.0541 e. The van der Waals surface area contributed by atoms with Crippen LogP contribution in [0.5, 0.6) is 0 Å². The summed E-state index contributed by atoms with van der Waals surface area (Å²) < 4.78 is 0. The fourth-order valence-corrected chi connectivity index (χ4v) is 1.20. The summed E-state index contributed by atoms with van der Waals surface area (Å²) in [6.07, 6.45) is 7.65. The first-order valence-corrected chi connectivity index (χ1v) is 5.26. The molecule has 3 nitrogen and oxygen atoms in total. The van der Waals surface area contributed by atoms with Gasteiger partial charge in [0.15, 0.2) is 0 Å². The number of rotatable bonds is 6. The van der Waals surface area contributed by atoms with E-state index in [0.29, 0.717) is 6.54 Å². The molecule has 3 heteroatoms. The molecule has 0 bridgehead atoms. The number of allylic oxidation sites excluding steroid dienone is 3. The summed E-state index contributed by atoms with van der Waals surface area (Å²) in [4.78, 5) is 8.16. The van der Waals surface area contributed by atoms with Gasteiger partial charge in [0.25, 0.3) is 0 Å². The Morgan fingerprint density at radius 1 is 1.56 bits per heavy atom. The van der Waals surface area contributed by atoms with E-state index in [0.717, 1.165) is 17.9 Å². The molecular formula is C13H17N3. The lowest BCUT2D eigenvalue weighted by Gasteiger charge is -2.03. The van der Waals surface area contributed by atoms with Gasteiger partial charge in [0.05, 0.1) is 11.4 Å². The van der Waals surface area contributed by atoms with Gasteiger partial charge >= 0.3 is 0 Å². The zero-order valence-corrected chi connectivity index (χ0v) is 9.56. The van der Waals surface area contributed by atoms with Crippen molar-refractivity contribution in [1.82, 2.24) is 10.3 Å². The molecule has 1 aromatic rings. The van der Waals surface area contributed by atoms with Crippen LogP contribution in [0.1, 0.15) is 12.6 Å². The van der Waals surface area contributed by atoms with E-state index in [2.05, 4.69) is 22.0 Å². The molecule has 1 heterocycles. The Bertz CT molecular complexity index is 366. The van der Waals surface area contributed by atoms with Crippen LogP contribution in [0, 0.1) is 0 Å². The van der Waals surface area contributed by atoms with Crippen LogP contribution in [0.2, 0.25) is 0 Å². The van der Waals surface area contributed by atoms with Crippen LogP contribution in [0.3, 0.4) is 0 Å². The SMILES string of the molecule is C=N/C(=C\C=C/C)CNCc1ccccn1. The van der Waals surface area contributed by atoms with Crippen LogP contribution < -0.4 is 5.32 Å². The molecule has 0 saturated carbocycles. The fourth-order valence-electron chi connectivity index (χ4n) is 1.20. The first-order valence-electron chi connectivity index (χ1n) is 5.26. The highest BCUT2D eigenvalue weighted by molar-refractivity contribution is 5.30. The van der Waals surface area contributed by atoms with Crippen LogP contribution in [0.4, 0.5) is 0 Å². The predicted octanol–water partition coefficient (Wildman–Crippen LogP) is 2.33. The number of nitrogens with one attached hydrogen (secondary N) is 1. The van der Waals surface area contributed by atoms with Crippen molar-refractivity contribution in [2.75, 3.05) is 6.54 Å². The number of aliphatic imine (C=N–C) groups is 1. The molecule has 0 unspecified atom stereocenters. The largest absolute Gasteiger partial charge is 0.306 e. The summed E-state index contributed by atoms with van der Waals surface area (Å²) in [5.74, 6) is 0. The van der Waals surface area contributed by atoms with Gasteiger partial charge in [0, 0.05) is 19.3 Å². The van der Waals surface area contributed by atoms with Crippen molar-refractivity contribution in [1.29, 1.82) is 0 Å². The molecule has 1 aromatic heterocycles. The molecule has 0 atom stereocenters. The Kier molecular flexibility index (Phi) is 5.81. The van der Waals surface area contributed by atoms with Crippen molar-refractivity contribution in [3.8, 4) is 0 Å². The third-order valence-corrected chi connectivity index (χ3v) is 2.02. The molecule has 0 radical (unpaired) electrons. The summed E-state index contributed by atoms with van der Waals surface area (Å²) in [5.41, 5.74) is 1.95. The fraction of sp³-hybridized carbons (Fsp3) is 0.231. The molecule has 1 rings (SSSR count). The van der Waals surface area contributed by atoms with E-state index < -0.39 is 0 Å². The molecule has 0 aliphatic heterocycles. The van der Waals surface area contributed by atoms with E-state index in [4.69, 9.17) is 0 Å². The molecular weight excluding hydrogens is 198 g/mol. The number of aromatic nitrogens is 1. The predicted molar refractivity (Wildman–Crippen MR) is 68.4 cm³/mol. The zero-order chi connectivity index (χ0) is 11.6. The van der Waals surface area contributed by atoms with E-state index in [-0.39, 0.29) is 0 Å². The average Bonchev–Trinajstić information content (AvgIpc) is 2.35. The van der Waals surface area contributed by atoms with Crippen LogP contribution in [-0.2, 0) is 6.54 Å². The van der Waals surface area contributed by atoms with Crippen LogP contribution in [-0.4, -0.2) is 18.2 Å². The monoisotopic (exact) mass is 215 g/mol. The number of pyridine rings is 1. The maximum Gasteiger partial charge on any atom is 0.0541 e. The van der Waals surface area contributed by atoms with Gasteiger partial charge < -0.3 is 5.32 Å². The zero-order valence-electron chi connectivity index (χ0n) is 9.56. The molecule has 0 aromatic carbocycles. The van der Waals surface area contributed by atoms with E-state index in [1.807, 2.05) is 43.4 Å². The highest BCUT2D eigenvalue weighted by atomic mass is 14.9. The van der Waals surface area contributed by atoms with Gasteiger partial charge in [-0.15, -0.1) is 0 Å². The minimum absolute atomic E-state index is 0.699. The summed E-state index contributed by atoms with van der Waals surface area (Å²) in [6, 6.07) is 5.88. The minimum Gasteiger partial charge on any atom is -0.306 e. The van der Waals surface area contributed by atoms with Crippen LogP contribution in [0.15, 0.2) is 53.3 Å². The van der Waals surface area contributed by atoms with E-state index >= 15 is 0 Å². The van der Waals surface area contributed by atoms with Gasteiger partial charge in [-0.25, -0.2) is 0 Å². The average molecular weight is 215 g/mol. The van der Waals surface area contributed by atoms with Crippen LogP contribution in [0.25, 0.3) is 0 Å². The topological polar surface area (TPSA) is 37.3 Å². The Balaban J connectivity index is 2.37. The van der Waals surface area contributed by atoms with Gasteiger partial charge in [-0.3, -0.25) is 9.98 Å². The first kappa shape index (κ1) is 12.3. The van der Waals surface area contributed by atoms with Gasteiger partial charge in [-0.2, -0.15) is 0 Å². The lowest BCUT2D eigenvalue weighted by Crippen LogP contribution is -2.16. The molecule has 0 aliphatic carbocycles. The van der Waals surface area contributed by atoms with E-state index in [9.17, 15) is 0 Å². The normalized spacial score (nSPS) is 11.9. The molecule has 84 valence electrons. The number of hydrogen-bond donors (Lipinski definition) is 1. The first-order chi connectivity index (χ1) is 7.86. The van der Waals surface area contributed by atoms with Crippen molar-refractivity contribution in [2.24, 2.45) is 4.99 Å². The third-order valence-electron chi connectivity index (χ3n) is 2.02. The molecule has 0 aliphatic rings. The van der Waals surface area contributed by atoms with Crippen molar-refractivity contribution < 1.29 is 0 Å². The molecule has 1 N–H and O–H groups in total. The number of hydrogen-bond acceptors (Lipinski definition) is 3. The van der Waals surface area contributed by atoms with Gasteiger partial charge in [0.1, 0.15) is 0 Å². The molecule has 16 heavy (non-hydrogen) atoms. The second kappa shape index (κ2) is 7.54. The van der Waals surface area contributed by atoms with Crippen molar-refractivity contribution in [2.45, 2.75) is 13.5 Å². The van der Waals surface area contributed by atoms with Crippen molar-refractivity contribution in [3.63, 3.8) is 0 Å². The van der Waals surface area contributed by atoms with Crippen molar-refractivity contribution >= 4 is 6.72 Å². The molecule has 0 fully saturated rings. The molecule has 0 amide bonds. The Hall–Kier alpha value is -1.74. The Morgan fingerprint density at radius 2 is 2.44 bits per heavy atom. The van der Waals surface area contributed by atoms with Gasteiger partial charge in [-0.05, 0) is 31.9 Å². The maximum absolute atomic E-state index is 4.22. The molecule has 0 spiro atoms. The standard InChI is InChI=1S/C13H17N3/c1-3-4-7-12(14-2)10-15-11-13-8-5-6-9-16-13/h3-9,15H,2,10-11H2,1H3/b4-3-,12-7-. The van der Waals surface area contributed by atoms with Gasteiger partial charge in [0.2, 0.25) is 0 Å². The Labute approximate surface area is 96.6 Å². The summed E-state index contributed by atoms with van der Waals surface area (Å²) in [7, 11) is 0. The lowest BCUT2D eigenvalue weighted by molar-refractivity contribution is 0.720. The highest BCUT2D eigenvalue weighted by Gasteiger charge is 1.94. The summed E-state index contributed by atoms with van der Waals surface area (Å²) in [5, 5.41) is 3.26. The quantitative estimate of drug-likeness (QED) is 0.584. The molecule has 0 saturated heterocycles. The second-order valence-corrected chi connectivity index (χ2v) is 3.27.